The number of fused-ring (bicyclic) bond motifs is 1. The SMILES string of the molecule is NNC(c1cc(F)cc(F)c1)c1csc2ccccc12. The molecule has 0 saturated heterocycles. The summed E-state index contributed by atoms with van der Waals surface area (Å²) in [4.78, 5) is 0. The van der Waals surface area contributed by atoms with Gasteiger partial charge in [-0.15, -0.1) is 11.3 Å². The van der Waals surface area contributed by atoms with Gasteiger partial charge in [0.15, 0.2) is 0 Å². The lowest BCUT2D eigenvalue weighted by Crippen LogP contribution is -2.28. The number of nitrogens with one attached hydrogen (secondary N) is 1. The molecule has 1 heterocycles. The summed E-state index contributed by atoms with van der Waals surface area (Å²) in [7, 11) is 0. The van der Waals surface area contributed by atoms with Crippen molar-refractivity contribution in [2.45, 2.75) is 6.04 Å². The molecule has 0 aliphatic carbocycles. The van der Waals surface area contributed by atoms with Crippen LogP contribution in [0.25, 0.3) is 10.1 Å². The molecule has 3 aromatic rings. The van der Waals surface area contributed by atoms with Crippen LogP contribution in [-0.4, -0.2) is 0 Å². The van der Waals surface area contributed by atoms with Gasteiger partial charge in [0, 0.05) is 10.8 Å². The number of hydrogen-bond donors (Lipinski definition) is 2. The molecule has 3 N–H and O–H groups in total. The highest BCUT2D eigenvalue weighted by atomic mass is 32.1. The Hall–Kier alpha value is -1.82. The van der Waals surface area contributed by atoms with E-state index in [4.69, 9.17) is 5.84 Å². The minimum atomic E-state index is -0.611. The van der Waals surface area contributed by atoms with Crippen molar-refractivity contribution in [3.8, 4) is 0 Å². The van der Waals surface area contributed by atoms with Gasteiger partial charge < -0.3 is 0 Å². The maximum Gasteiger partial charge on any atom is 0.126 e. The molecule has 0 saturated carbocycles. The first kappa shape index (κ1) is 13.2. The molecule has 2 nitrogen and oxygen atoms in total. The number of hydrazine groups is 1. The molecule has 2 aromatic carbocycles. The predicted octanol–water partition coefficient (Wildman–Crippen LogP) is 3.73. The highest BCUT2D eigenvalue weighted by Gasteiger charge is 2.18. The molecule has 0 bridgehead atoms. The van der Waals surface area contributed by atoms with Crippen LogP contribution in [0.15, 0.2) is 47.8 Å². The first-order valence-corrected chi connectivity index (χ1v) is 6.95. The van der Waals surface area contributed by atoms with Crippen LogP contribution in [0.1, 0.15) is 17.2 Å². The maximum absolute atomic E-state index is 13.4. The Morgan fingerprint density at radius 1 is 1.05 bits per heavy atom. The number of thiophene rings is 1. The Kier molecular flexibility index (Phi) is 3.48. The lowest BCUT2D eigenvalue weighted by Gasteiger charge is -2.16. The van der Waals surface area contributed by atoms with E-state index in [1.165, 1.54) is 12.1 Å². The molecule has 0 aliphatic rings. The van der Waals surface area contributed by atoms with Gasteiger partial charge in [0.25, 0.3) is 0 Å². The quantitative estimate of drug-likeness (QED) is 0.570. The van der Waals surface area contributed by atoms with E-state index in [-0.39, 0.29) is 0 Å². The van der Waals surface area contributed by atoms with Crippen LogP contribution in [0.3, 0.4) is 0 Å². The topological polar surface area (TPSA) is 38.0 Å². The van der Waals surface area contributed by atoms with Crippen LogP contribution >= 0.6 is 11.3 Å². The second kappa shape index (κ2) is 5.28. The summed E-state index contributed by atoms with van der Waals surface area (Å²) in [6, 6.07) is 10.8. The zero-order chi connectivity index (χ0) is 14.1. The smallest absolute Gasteiger partial charge is 0.126 e. The third kappa shape index (κ3) is 2.31. The van der Waals surface area contributed by atoms with Crippen LogP contribution in [0, 0.1) is 11.6 Å². The van der Waals surface area contributed by atoms with Gasteiger partial charge in [-0.3, -0.25) is 5.84 Å². The second-order valence-corrected chi connectivity index (χ2v) is 5.40. The predicted molar refractivity (Wildman–Crippen MR) is 77.3 cm³/mol. The van der Waals surface area contributed by atoms with E-state index < -0.39 is 17.7 Å². The van der Waals surface area contributed by atoms with E-state index in [1.54, 1.807) is 11.3 Å². The monoisotopic (exact) mass is 290 g/mol. The van der Waals surface area contributed by atoms with Gasteiger partial charge in [-0.05, 0) is 40.1 Å². The summed E-state index contributed by atoms with van der Waals surface area (Å²) in [5.41, 5.74) is 4.02. The van der Waals surface area contributed by atoms with Crippen LogP contribution in [0.5, 0.6) is 0 Å². The van der Waals surface area contributed by atoms with Gasteiger partial charge >= 0.3 is 0 Å². The van der Waals surface area contributed by atoms with Crippen molar-refractivity contribution >= 4 is 21.4 Å². The Morgan fingerprint density at radius 3 is 2.45 bits per heavy atom. The molecule has 1 atom stereocenters. The van der Waals surface area contributed by atoms with Crippen molar-refractivity contribution in [3.63, 3.8) is 0 Å². The van der Waals surface area contributed by atoms with Gasteiger partial charge in [-0.1, -0.05) is 18.2 Å². The van der Waals surface area contributed by atoms with Gasteiger partial charge in [-0.25, -0.2) is 14.2 Å². The van der Waals surface area contributed by atoms with Crippen molar-refractivity contribution in [2.75, 3.05) is 0 Å². The number of hydrogen-bond acceptors (Lipinski definition) is 3. The molecule has 0 fully saturated rings. The molecule has 1 aromatic heterocycles. The lowest BCUT2D eigenvalue weighted by atomic mass is 9.98. The van der Waals surface area contributed by atoms with E-state index in [9.17, 15) is 8.78 Å². The summed E-state index contributed by atoms with van der Waals surface area (Å²) in [6.07, 6.45) is 0. The minimum Gasteiger partial charge on any atom is -0.271 e. The standard InChI is InChI=1S/C15H12F2N2S/c16-10-5-9(6-11(17)7-10)15(19-18)13-8-20-14-4-2-1-3-12(13)14/h1-8,15,19H,18H2. The average molecular weight is 290 g/mol. The molecule has 1 unspecified atom stereocenters. The molecule has 5 heteroatoms. The minimum absolute atomic E-state index is 0.448. The van der Waals surface area contributed by atoms with Crippen molar-refractivity contribution in [3.05, 3.63) is 70.6 Å². The van der Waals surface area contributed by atoms with Gasteiger partial charge in [-0.2, -0.15) is 0 Å². The zero-order valence-electron chi connectivity index (χ0n) is 10.4. The number of nitrogens with two attached hydrogens (primary N) is 1. The number of rotatable bonds is 3. The molecule has 0 amide bonds. The van der Waals surface area contributed by atoms with Gasteiger partial charge in [0.05, 0.1) is 6.04 Å². The van der Waals surface area contributed by atoms with Crippen LogP contribution < -0.4 is 11.3 Å². The third-order valence-electron chi connectivity index (χ3n) is 3.21. The normalized spacial score (nSPS) is 12.8. The molecule has 102 valence electrons. The van der Waals surface area contributed by atoms with Crippen molar-refractivity contribution in [2.24, 2.45) is 5.84 Å². The Balaban J connectivity index is 2.14. The van der Waals surface area contributed by atoms with Crippen LogP contribution in [0.2, 0.25) is 0 Å². The first-order chi connectivity index (χ1) is 9.69. The summed E-state index contributed by atoms with van der Waals surface area (Å²) >= 11 is 1.58. The fraction of sp³-hybridized carbons (Fsp3) is 0.0667. The van der Waals surface area contributed by atoms with E-state index in [1.807, 2.05) is 29.6 Å². The van der Waals surface area contributed by atoms with E-state index in [0.29, 0.717) is 5.56 Å². The second-order valence-electron chi connectivity index (χ2n) is 4.49. The zero-order valence-corrected chi connectivity index (χ0v) is 11.3. The average Bonchev–Trinajstić information content (AvgIpc) is 2.83. The molecule has 3 rings (SSSR count). The summed E-state index contributed by atoms with van der Waals surface area (Å²) in [6.45, 7) is 0. The van der Waals surface area contributed by atoms with Gasteiger partial charge in [0.2, 0.25) is 0 Å². The summed E-state index contributed by atoms with van der Waals surface area (Å²) < 4.78 is 27.9. The highest BCUT2D eigenvalue weighted by molar-refractivity contribution is 7.17. The Labute approximate surface area is 118 Å². The Bertz CT molecular complexity index is 734. The van der Waals surface area contributed by atoms with E-state index in [0.717, 1.165) is 21.7 Å². The molecular formula is C15H12F2N2S. The van der Waals surface area contributed by atoms with Crippen molar-refractivity contribution < 1.29 is 8.78 Å². The summed E-state index contributed by atoms with van der Waals surface area (Å²) in [5.74, 6) is 4.37. The molecule has 0 spiro atoms. The molecule has 0 aliphatic heterocycles. The molecule has 0 radical (unpaired) electrons. The van der Waals surface area contributed by atoms with Gasteiger partial charge in [0.1, 0.15) is 11.6 Å². The largest absolute Gasteiger partial charge is 0.271 e. The first-order valence-electron chi connectivity index (χ1n) is 6.07. The summed E-state index contributed by atoms with van der Waals surface area (Å²) in [5, 5.41) is 2.99. The van der Waals surface area contributed by atoms with Crippen LogP contribution in [0.4, 0.5) is 8.78 Å². The Morgan fingerprint density at radius 2 is 1.75 bits per heavy atom. The van der Waals surface area contributed by atoms with E-state index >= 15 is 0 Å². The van der Waals surface area contributed by atoms with Crippen LogP contribution in [-0.2, 0) is 0 Å². The molecular weight excluding hydrogens is 278 g/mol. The fourth-order valence-electron chi connectivity index (χ4n) is 2.33. The number of benzene rings is 2. The van der Waals surface area contributed by atoms with Crippen molar-refractivity contribution in [1.82, 2.24) is 5.43 Å². The maximum atomic E-state index is 13.4. The fourth-order valence-corrected chi connectivity index (χ4v) is 3.32. The molecule has 20 heavy (non-hydrogen) atoms. The number of halogens is 2. The lowest BCUT2D eigenvalue weighted by molar-refractivity contribution is 0.567. The van der Waals surface area contributed by atoms with E-state index in [2.05, 4.69) is 5.43 Å². The third-order valence-corrected chi connectivity index (χ3v) is 4.19. The highest BCUT2D eigenvalue weighted by Crippen LogP contribution is 2.33. The van der Waals surface area contributed by atoms with Crippen molar-refractivity contribution in [1.29, 1.82) is 0 Å².